The molecule has 1 unspecified atom stereocenters. The first-order valence-electron chi connectivity index (χ1n) is 21.9. The maximum absolute atomic E-state index is 17.8. The van der Waals surface area contributed by atoms with Gasteiger partial charge >= 0.3 is 0 Å². The Hall–Kier alpha value is -5.68. The summed E-state index contributed by atoms with van der Waals surface area (Å²) in [5, 5.41) is 27.5. The molecule has 2 heterocycles. The molecule has 2 aliphatic heterocycles. The molecule has 3 saturated carbocycles. The number of fused-ring (bicyclic) bond motifs is 7. The molecule has 0 radical (unpaired) electrons. The maximum atomic E-state index is 17.8. The second-order valence-corrected chi connectivity index (χ2v) is 18.6. The van der Waals surface area contributed by atoms with Crippen LogP contribution in [0, 0.1) is 28.6 Å². The topological polar surface area (TPSA) is 198 Å². The highest BCUT2D eigenvalue weighted by molar-refractivity contribution is 6.13. The van der Waals surface area contributed by atoms with Crippen molar-refractivity contribution >= 4 is 40.9 Å². The van der Waals surface area contributed by atoms with Crippen LogP contribution < -0.4 is 15.4 Å². The number of alkyl halides is 2. The SMILES string of the molecule is C=C1C=C[C@@]2(C)C(=C1)[C@@H](F)C[C@H]1[C@@H]3C[C@H]4OC(c5ccc(Oc6cccc(NC(=O)[C@H](C)CC(=O)[C@H](C)NC(=O)CCN7C(=O)C=CC7=O)c6)cc5)O[C@@]4(C(=O)CO)[C@@]3(C)C[C@H](O)[C@@]12F. The minimum absolute atomic E-state index is 0.121. The van der Waals surface area contributed by atoms with Gasteiger partial charge < -0.3 is 35.1 Å². The molecule has 0 aromatic heterocycles. The van der Waals surface area contributed by atoms with E-state index in [1.807, 2.05) is 0 Å². The lowest BCUT2D eigenvalue weighted by Gasteiger charge is -2.63. The van der Waals surface area contributed by atoms with Gasteiger partial charge in [-0.15, -0.1) is 0 Å². The fourth-order valence-electron chi connectivity index (χ4n) is 11.3. The highest BCUT2D eigenvalue weighted by atomic mass is 19.1. The molecular formula is C49H53F2N3O11. The zero-order valence-electron chi connectivity index (χ0n) is 36.6. The van der Waals surface area contributed by atoms with Crippen LogP contribution in [0.1, 0.15) is 71.7 Å². The number of ketones is 2. The lowest BCUT2D eigenvalue weighted by atomic mass is 9.44. The summed E-state index contributed by atoms with van der Waals surface area (Å²) in [6, 6.07) is 12.4. The number of aliphatic hydroxyl groups excluding tert-OH is 2. The number of amides is 4. The Morgan fingerprint density at radius 1 is 1.00 bits per heavy atom. The Kier molecular flexibility index (Phi) is 12.0. The lowest BCUT2D eigenvalue weighted by Crippen LogP contribution is -2.70. The number of anilines is 1. The molecule has 4 aliphatic carbocycles. The first kappa shape index (κ1) is 45.9. The molecule has 65 heavy (non-hydrogen) atoms. The smallest absolute Gasteiger partial charge is 0.253 e. The number of Topliss-reactive ketones (excluding diaryl/α,β-unsaturated/α-hetero) is 2. The van der Waals surface area contributed by atoms with Gasteiger partial charge in [-0.3, -0.25) is 33.7 Å². The van der Waals surface area contributed by atoms with Crippen LogP contribution in [0.5, 0.6) is 11.5 Å². The summed E-state index contributed by atoms with van der Waals surface area (Å²) in [4.78, 5) is 76.6. The van der Waals surface area contributed by atoms with Crippen LogP contribution in [0.25, 0.3) is 0 Å². The molecule has 4 fully saturated rings. The van der Waals surface area contributed by atoms with E-state index in [-0.39, 0.29) is 50.0 Å². The Morgan fingerprint density at radius 2 is 1.71 bits per heavy atom. The van der Waals surface area contributed by atoms with E-state index in [4.69, 9.17) is 14.2 Å². The van der Waals surface area contributed by atoms with E-state index < -0.39 is 107 Å². The first-order chi connectivity index (χ1) is 30.7. The molecule has 2 aromatic carbocycles. The van der Waals surface area contributed by atoms with Crippen LogP contribution >= 0.6 is 0 Å². The molecule has 0 bridgehead atoms. The summed E-state index contributed by atoms with van der Waals surface area (Å²) in [5.41, 5.74) is -4.97. The Morgan fingerprint density at radius 3 is 2.40 bits per heavy atom. The van der Waals surface area contributed by atoms with Crippen molar-refractivity contribution < 1.29 is 62.0 Å². The number of hydrogen-bond donors (Lipinski definition) is 4. The number of aliphatic hydroxyl groups is 2. The molecule has 16 heteroatoms. The van der Waals surface area contributed by atoms with Gasteiger partial charge in [0, 0.05) is 71.5 Å². The van der Waals surface area contributed by atoms with Crippen molar-refractivity contribution in [3.63, 3.8) is 0 Å². The number of imide groups is 1. The molecule has 0 spiro atoms. The van der Waals surface area contributed by atoms with E-state index in [2.05, 4.69) is 17.2 Å². The molecule has 2 aromatic rings. The van der Waals surface area contributed by atoms with Gasteiger partial charge in [-0.05, 0) is 74.4 Å². The number of carbonyl (C=O) groups is 6. The highest BCUT2D eigenvalue weighted by Crippen LogP contribution is 2.72. The number of nitrogens with zero attached hydrogens (tertiary/aromatic N) is 1. The van der Waals surface area contributed by atoms with Gasteiger partial charge in [-0.25, -0.2) is 8.78 Å². The third kappa shape index (κ3) is 7.57. The van der Waals surface area contributed by atoms with Gasteiger partial charge in [0.2, 0.25) is 11.8 Å². The largest absolute Gasteiger partial charge is 0.457 e. The summed E-state index contributed by atoms with van der Waals surface area (Å²) in [7, 11) is 0. The fraction of sp³-hybridized carbons (Fsp3) is 0.469. The molecule has 4 amide bonds. The highest BCUT2D eigenvalue weighted by Gasteiger charge is 2.80. The normalized spacial score (nSPS) is 34.2. The van der Waals surface area contributed by atoms with E-state index in [9.17, 15) is 39.0 Å². The number of carbonyl (C=O) groups excluding carboxylic acids is 6. The predicted molar refractivity (Wildman–Crippen MR) is 230 cm³/mol. The maximum Gasteiger partial charge on any atom is 0.253 e. The number of nitrogens with one attached hydrogen (secondary N) is 2. The number of halogens is 2. The fourth-order valence-corrected chi connectivity index (χ4v) is 11.3. The van der Waals surface area contributed by atoms with Gasteiger partial charge in [-0.2, -0.15) is 0 Å². The van der Waals surface area contributed by atoms with E-state index >= 15 is 8.78 Å². The molecule has 6 aliphatic rings. The van der Waals surface area contributed by atoms with Crippen LogP contribution in [0.2, 0.25) is 0 Å². The van der Waals surface area contributed by atoms with E-state index in [1.165, 1.54) is 6.92 Å². The van der Waals surface area contributed by atoms with Crippen molar-refractivity contribution in [3.8, 4) is 11.5 Å². The minimum atomic E-state index is -2.26. The Balaban J connectivity index is 0.887. The quantitative estimate of drug-likeness (QED) is 0.176. The monoisotopic (exact) mass is 897 g/mol. The third-order valence-corrected chi connectivity index (χ3v) is 14.8. The van der Waals surface area contributed by atoms with Crippen molar-refractivity contribution in [2.75, 3.05) is 18.5 Å². The van der Waals surface area contributed by atoms with Gasteiger partial charge in [0.05, 0.1) is 18.2 Å². The van der Waals surface area contributed by atoms with Gasteiger partial charge in [0.15, 0.2) is 29.1 Å². The Bertz CT molecular complexity index is 2420. The number of ether oxygens (including phenoxy) is 3. The standard InChI is InChI=1S/C49H53F2N3O11/c1-26-15-17-46(4)35(19-26)36(50)22-34-33-23-40-49(39(58)25-55,47(33,5)24-38(57)48(34,46)51)65-45(64-40)29-9-11-31(12-10-29)63-32-8-6-7-30(21-32)53-44(62)27(2)20-37(56)28(3)52-41(59)16-18-54-42(60)13-14-43(54)61/h6-15,17,19,21,27-28,33-34,36,38,40,45,55,57H,1,16,18,20,22-25H2,2-5H3,(H,52,59)(H,53,62)/t27-,28+,33+,34+,36+,38+,40-,45?,46+,47+,48+,49-/m1/s1. The van der Waals surface area contributed by atoms with E-state index in [0.717, 1.165) is 17.1 Å². The van der Waals surface area contributed by atoms with Crippen LogP contribution in [-0.4, -0.2) is 99.2 Å². The predicted octanol–water partition coefficient (Wildman–Crippen LogP) is 5.46. The number of hydrogen-bond acceptors (Lipinski definition) is 11. The summed E-state index contributed by atoms with van der Waals surface area (Å²) in [6.07, 6.45) is 1.37. The van der Waals surface area contributed by atoms with Gasteiger partial charge in [0.25, 0.3) is 11.8 Å². The molecule has 344 valence electrons. The average molecular weight is 898 g/mol. The van der Waals surface area contributed by atoms with Crippen molar-refractivity contribution in [2.24, 2.45) is 28.6 Å². The molecule has 1 saturated heterocycles. The number of benzene rings is 2. The second kappa shape index (κ2) is 17.0. The first-order valence-corrected chi connectivity index (χ1v) is 21.9. The average Bonchev–Trinajstić information content (AvgIpc) is 3.89. The van der Waals surface area contributed by atoms with Crippen molar-refractivity contribution in [1.29, 1.82) is 0 Å². The van der Waals surface area contributed by atoms with Crippen molar-refractivity contribution in [1.82, 2.24) is 10.2 Å². The zero-order chi connectivity index (χ0) is 46.8. The van der Waals surface area contributed by atoms with Crippen LogP contribution in [0.3, 0.4) is 0 Å². The molecule has 14 nitrogen and oxygen atoms in total. The third-order valence-electron chi connectivity index (χ3n) is 14.8. The zero-order valence-corrected chi connectivity index (χ0v) is 36.6. The molecule has 4 N–H and O–H groups in total. The summed E-state index contributed by atoms with van der Waals surface area (Å²) < 4.78 is 53.0. The number of rotatable bonds is 14. The van der Waals surface area contributed by atoms with Crippen LogP contribution in [-0.2, 0) is 38.2 Å². The Labute approximate surface area is 374 Å². The van der Waals surface area contributed by atoms with Crippen LogP contribution in [0.15, 0.2) is 96.6 Å². The van der Waals surface area contributed by atoms with Crippen molar-refractivity contribution in [3.05, 3.63) is 102 Å². The minimum Gasteiger partial charge on any atom is -0.457 e. The second-order valence-electron chi connectivity index (χ2n) is 18.6. The number of allylic oxidation sites excluding steroid dienone is 5. The summed E-state index contributed by atoms with van der Waals surface area (Å²) >= 11 is 0. The van der Waals surface area contributed by atoms with Crippen LogP contribution in [0.4, 0.5) is 14.5 Å². The lowest BCUT2D eigenvalue weighted by molar-refractivity contribution is -0.235. The van der Waals surface area contributed by atoms with Gasteiger partial charge in [0.1, 0.15) is 24.3 Å². The molecule has 8 rings (SSSR count). The van der Waals surface area contributed by atoms with Crippen molar-refractivity contribution in [2.45, 2.75) is 102 Å². The summed E-state index contributed by atoms with van der Waals surface area (Å²) in [6.45, 7) is 9.34. The summed E-state index contributed by atoms with van der Waals surface area (Å²) in [5.74, 6) is -4.62. The van der Waals surface area contributed by atoms with Gasteiger partial charge in [-0.1, -0.05) is 56.9 Å². The van der Waals surface area contributed by atoms with E-state index in [0.29, 0.717) is 28.3 Å². The molecular weight excluding hydrogens is 845 g/mol. The molecule has 12 atom stereocenters. The van der Waals surface area contributed by atoms with E-state index in [1.54, 1.807) is 87.5 Å².